The second kappa shape index (κ2) is 9.32. The van der Waals surface area contributed by atoms with Crippen molar-refractivity contribution >= 4 is 18.6 Å². The average molecular weight is 264 g/mol. The summed E-state index contributed by atoms with van der Waals surface area (Å²) < 4.78 is 21.8. The summed E-state index contributed by atoms with van der Waals surface area (Å²) in [6.45, 7) is 2.20. The summed E-state index contributed by atoms with van der Waals surface area (Å²) in [4.78, 5) is 0. The van der Waals surface area contributed by atoms with Gasteiger partial charge in [0.05, 0.1) is 0 Å². The van der Waals surface area contributed by atoms with Gasteiger partial charge in [-0.1, -0.05) is 26.2 Å². The Bertz CT molecular complexity index is 157. The van der Waals surface area contributed by atoms with E-state index in [-0.39, 0.29) is 5.16 Å². The fourth-order valence-corrected chi connectivity index (χ4v) is 6.23. The van der Waals surface area contributed by atoms with Crippen LogP contribution in [0.15, 0.2) is 0 Å². The summed E-state index contributed by atoms with van der Waals surface area (Å²) in [6, 6.07) is 0. The molecule has 1 unspecified atom stereocenters. The molecular weight excluding hydrogens is 240 g/mol. The maximum Gasteiger partial charge on any atom is 0.502 e. The Morgan fingerprint density at radius 2 is 1.56 bits per heavy atom. The molecule has 0 amide bonds. The Labute approximate surface area is 103 Å². The van der Waals surface area contributed by atoms with Crippen molar-refractivity contribution in [3.63, 3.8) is 0 Å². The van der Waals surface area contributed by atoms with Gasteiger partial charge in [-0.25, -0.2) is 0 Å². The van der Waals surface area contributed by atoms with Crippen molar-refractivity contribution in [2.75, 3.05) is 28.4 Å². The summed E-state index contributed by atoms with van der Waals surface area (Å²) in [5.74, 6) is 0. The fraction of sp³-hybridized carbons (Fsp3) is 1.00. The standard InChI is InChI=1S/C10H24O4Si2/c1-6-7-8-9-10(15-11-2)16(12-3,13-4)14-5/h10H,6-9H2,1-5H3. The van der Waals surface area contributed by atoms with Crippen molar-refractivity contribution in [3.8, 4) is 0 Å². The summed E-state index contributed by atoms with van der Waals surface area (Å²) in [7, 11) is 4.54. The highest BCUT2D eigenvalue weighted by atomic mass is 28.4. The molecule has 0 fully saturated rings. The molecule has 0 rings (SSSR count). The lowest BCUT2D eigenvalue weighted by atomic mass is 10.2. The fourth-order valence-electron chi connectivity index (χ4n) is 1.73. The van der Waals surface area contributed by atoms with E-state index in [1.165, 1.54) is 19.3 Å². The molecule has 0 N–H and O–H groups in total. The summed E-state index contributed by atoms with van der Waals surface area (Å²) >= 11 is 0. The zero-order valence-electron chi connectivity index (χ0n) is 11.0. The molecule has 16 heavy (non-hydrogen) atoms. The summed E-state index contributed by atoms with van der Waals surface area (Å²) in [5, 5.41) is 0.254. The predicted molar refractivity (Wildman–Crippen MR) is 67.4 cm³/mol. The third-order valence-electron chi connectivity index (χ3n) is 2.64. The van der Waals surface area contributed by atoms with Crippen LogP contribution >= 0.6 is 0 Å². The zero-order valence-corrected chi connectivity index (χ0v) is 13.0. The Kier molecular flexibility index (Phi) is 9.48. The second-order valence-electron chi connectivity index (χ2n) is 3.59. The van der Waals surface area contributed by atoms with Crippen molar-refractivity contribution in [3.05, 3.63) is 0 Å². The molecule has 4 nitrogen and oxygen atoms in total. The van der Waals surface area contributed by atoms with E-state index in [4.69, 9.17) is 17.7 Å². The van der Waals surface area contributed by atoms with Crippen LogP contribution in [0.2, 0.25) is 5.16 Å². The first-order valence-corrected chi connectivity index (χ1v) is 8.43. The van der Waals surface area contributed by atoms with Crippen LogP contribution in [0.5, 0.6) is 0 Å². The van der Waals surface area contributed by atoms with Crippen LogP contribution in [0.25, 0.3) is 0 Å². The number of hydrogen-bond acceptors (Lipinski definition) is 4. The lowest BCUT2D eigenvalue weighted by Crippen LogP contribution is -2.50. The van der Waals surface area contributed by atoms with Gasteiger partial charge >= 0.3 is 8.80 Å². The van der Waals surface area contributed by atoms with Gasteiger partial charge in [0.15, 0.2) is 0 Å². The van der Waals surface area contributed by atoms with Gasteiger partial charge in [-0.3, -0.25) is 0 Å². The first-order valence-electron chi connectivity index (χ1n) is 5.64. The SMILES string of the molecule is CCCCCC([Si]OC)[Si](OC)(OC)OC. The van der Waals surface area contributed by atoms with Gasteiger partial charge in [-0.15, -0.1) is 0 Å². The second-order valence-corrected chi connectivity index (χ2v) is 8.63. The van der Waals surface area contributed by atoms with Crippen LogP contribution < -0.4 is 0 Å². The summed E-state index contributed by atoms with van der Waals surface area (Å²) in [6.07, 6.45) is 4.65. The highest BCUT2D eigenvalue weighted by Gasteiger charge is 2.47. The molecule has 0 heterocycles. The first-order chi connectivity index (χ1) is 7.70. The van der Waals surface area contributed by atoms with Gasteiger partial charge in [0.25, 0.3) is 0 Å². The van der Waals surface area contributed by atoms with E-state index in [9.17, 15) is 0 Å². The van der Waals surface area contributed by atoms with E-state index in [1.54, 1.807) is 28.4 Å². The van der Waals surface area contributed by atoms with Crippen LogP contribution in [-0.2, 0) is 17.7 Å². The molecule has 1 atom stereocenters. The number of unbranched alkanes of at least 4 members (excludes halogenated alkanes) is 2. The zero-order chi connectivity index (χ0) is 12.4. The minimum absolute atomic E-state index is 0.254. The van der Waals surface area contributed by atoms with Gasteiger partial charge in [0.1, 0.15) is 0 Å². The van der Waals surface area contributed by atoms with Crippen LogP contribution in [0.3, 0.4) is 0 Å². The van der Waals surface area contributed by atoms with E-state index >= 15 is 0 Å². The lowest BCUT2D eigenvalue weighted by Gasteiger charge is -2.31. The van der Waals surface area contributed by atoms with Gasteiger partial charge in [0.2, 0.25) is 9.76 Å². The van der Waals surface area contributed by atoms with Crippen molar-refractivity contribution < 1.29 is 17.7 Å². The van der Waals surface area contributed by atoms with Gasteiger partial charge < -0.3 is 17.7 Å². The van der Waals surface area contributed by atoms with E-state index in [2.05, 4.69) is 6.92 Å². The molecule has 0 aromatic rings. The molecule has 6 heteroatoms. The molecule has 0 aliphatic carbocycles. The van der Waals surface area contributed by atoms with Gasteiger partial charge in [-0.2, -0.15) is 0 Å². The maximum atomic E-state index is 5.50. The quantitative estimate of drug-likeness (QED) is 0.447. The maximum absolute atomic E-state index is 5.50. The van der Waals surface area contributed by atoms with Crippen molar-refractivity contribution in [2.45, 2.75) is 37.8 Å². The normalized spacial score (nSPS) is 14.1. The van der Waals surface area contributed by atoms with E-state index < -0.39 is 8.80 Å². The molecule has 0 saturated carbocycles. The van der Waals surface area contributed by atoms with Gasteiger partial charge in [-0.05, 0) is 6.42 Å². The molecule has 0 bridgehead atoms. The Hall–Kier alpha value is 0.274. The third kappa shape index (κ3) is 4.64. The first kappa shape index (κ1) is 16.3. The highest BCUT2D eigenvalue weighted by Crippen LogP contribution is 2.28. The topological polar surface area (TPSA) is 36.9 Å². The molecule has 96 valence electrons. The molecular formula is C10H24O4Si2. The monoisotopic (exact) mass is 264 g/mol. The number of hydrogen-bond donors (Lipinski definition) is 0. The van der Waals surface area contributed by atoms with Crippen LogP contribution in [-0.4, -0.2) is 47.0 Å². The molecule has 0 saturated heterocycles. The van der Waals surface area contributed by atoms with Crippen molar-refractivity contribution in [2.24, 2.45) is 0 Å². The van der Waals surface area contributed by atoms with E-state index in [1.807, 2.05) is 0 Å². The largest absolute Gasteiger partial charge is 0.502 e. The lowest BCUT2D eigenvalue weighted by molar-refractivity contribution is 0.116. The van der Waals surface area contributed by atoms with Gasteiger partial charge in [0, 0.05) is 33.6 Å². The molecule has 0 aliphatic heterocycles. The van der Waals surface area contributed by atoms with Crippen LogP contribution in [0.4, 0.5) is 0 Å². The molecule has 0 aromatic heterocycles. The third-order valence-corrected chi connectivity index (χ3v) is 7.71. The Balaban J connectivity index is 4.44. The van der Waals surface area contributed by atoms with Crippen molar-refractivity contribution in [1.82, 2.24) is 0 Å². The molecule has 2 radical (unpaired) electrons. The smallest absolute Gasteiger partial charge is 0.420 e. The minimum Gasteiger partial charge on any atom is -0.420 e. The predicted octanol–water partition coefficient (Wildman–Crippen LogP) is 2.04. The Morgan fingerprint density at radius 3 is 1.94 bits per heavy atom. The molecule has 0 aliphatic rings. The minimum atomic E-state index is -2.53. The Morgan fingerprint density at radius 1 is 1.00 bits per heavy atom. The molecule has 0 spiro atoms. The highest BCUT2D eigenvalue weighted by molar-refractivity contribution is 6.72. The average Bonchev–Trinajstić information content (AvgIpc) is 2.32. The summed E-state index contributed by atoms with van der Waals surface area (Å²) in [5.41, 5.74) is 0. The van der Waals surface area contributed by atoms with E-state index in [0.29, 0.717) is 9.76 Å². The molecule has 0 aromatic carbocycles. The van der Waals surface area contributed by atoms with Crippen molar-refractivity contribution in [1.29, 1.82) is 0 Å². The van der Waals surface area contributed by atoms with Crippen LogP contribution in [0, 0.1) is 0 Å². The van der Waals surface area contributed by atoms with Crippen LogP contribution in [0.1, 0.15) is 32.6 Å². The number of rotatable bonds is 10. The van der Waals surface area contributed by atoms with E-state index in [0.717, 1.165) is 6.42 Å².